The fourth-order valence-electron chi connectivity index (χ4n) is 2.82. The van der Waals surface area contributed by atoms with Gasteiger partial charge in [0, 0.05) is 26.3 Å². The maximum Gasteiger partial charge on any atom is 0.268 e. The van der Waals surface area contributed by atoms with E-state index in [2.05, 4.69) is 10.3 Å². The van der Waals surface area contributed by atoms with Crippen LogP contribution in [0.3, 0.4) is 0 Å². The molecule has 0 saturated carbocycles. The summed E-state index contributed by atoms with van der Waals surface area (Å²) < 4.78 is 29.2. The summed E-state index contributed by atoms with van der Waals surface area (Å²) in [6.07, 6.45) is 3.51. The molecule has 0 saturated heterocycles. The Morgan fingerprint density at radius 3 is 2.83 bits per heavy atom. The Labute approximate surface area is 141 Å². The molecule has 0 radical (unpaired) electrons. The first-order chi connectivity index (χ1) is 11.4. The summed E-state index contributed by atoms with van der Waals surface area (Å²) in [7, 11) is -1.39. The van der Waals surface area contributed by atoms with Crippen molar-refractivity contribution in [1.29, 1.82) is 0 Å². The zero-order valence-corrected chi connectivity index (χ0v) is 14.6. The van der Waals surface area contributed by atoms with Gasteiger partial charge in [-0.15, -0.1) is 0 Å². The minimum atomic E-state index is -3.21. The molecule has 1 N–H and O–H groups in total. The van der Waals surface area contributed by atoms with Crippen molar-refractivity contribution < 1.29 is 13.2 Å². The van der Waals surface area contributed by atoms with Crippen LogP contribution in [0.5, 0.6) is 0 Å². The van der Waals surface area contributed by atoms with Crippen LogP contribution in [0, 0.1) is 0 Å². The number of imidazole rings is 1. The largest absolute Gasteiger partial charge is 0.347 e. The van der Waals surface area contributed by atoms with Crippen molar-refractivity contribution in [3.8, 4) is 0 Å². The van der Waals surface area contributed by atoms with Crippen LogP contribution in [0.1, 0.15) is 28.9 Å². The molecule has 0 fully saturated rings. The molecule has 24 heavy (non-hydrogen) atoms. The van der Waals surface area contributed by atoms with E-state index in [0.29, 0.717) is 31.2 Å². The number of hydrogen-bond acceptors (Lipinski definition) is 4. The normalized spacial score (nSPS) is 15.2. The number of rotatable bonds is 5. The summed E-state index contributed by atoms with van der Waals surface area (Å²) in [4.78, 5) is 16.5. The number of fused-ring (bicyclic) bond motifs is 1. The lowest BCUT2D eigenvalue weighted by Crippen LogP contribution is -2.39. The molecule has 3 heterocycles. The number of sulfonamides is 1. The monoisotopic (exact) mass is 351 g/mol. The topological polar surface area (TPSA) is 89.2 Å². The van der Waals surface area contributed by atoms with Gasteiger partial charge in [0.15, 0.2) is 0 Å². The van der Waals surface area contributed by atoms with Gasteiger partial charge in [-0.2, -0.15) is 4.31 Å². The lowest BCUT2D eigenvalue weighted by atomic mass is 10.3. The molecular formula is C15H21N5O3S. The van der Waals surface area contributed by atoms with Gasteiger partial charge in [0.05, 0.1) is 30.7 Å². The van der Waals surface area contributed by atoms with Crippen molar-refractivity contribution in [3.05, 3.63) is 41.7 Å². The molecule has 130 valence electrons. The molecule has 0 bridgehead atoms. The van der Waals surface area contributed by atoms with E-state index in [9.17, 15) is 13.2 Å². The van der Waals surface area contributed by atoms with Crippen LogP contribution in [-0.4, -0.2) is 45.0 Å². The van der Waals surface area contributed by atoms with Crippen molar-refractivity contribution in [1.82, 2.24) is 23.7 Å². The Hall–Kier alpha value is -2.13. The van der Waals surface area contributed by atoms with Gasteiger partial charge in [-0.3, -0.25) is 4.79 Å². The SMILES string of the molecule is CCS(=O)(=O)N1CCn2c(CNC(=O)c3cccn3C)cnc2C1. The molecule has 0 aromatic carbocycles. The summed E-state index contributed by atoms with van der Waals surface area (Å²) >= 11 is 0. The number of carbonyl (C=O) groups is 1. The second kappa shape index (κ2) is 6.40. The molecule has 1 aliphatic rings. The number of nitrogens with zero attached hydrogens (tertiary/aromatic N) is 4. The van der Waals surface area contributed by atoms with Gasteiger partial charge in [0.25, 0.3) is 5.91 Å². The maximum atomic E-state index is 12.2. The third-order valence-corrected chi connectivity index (χ3v) is 6.10. The lowest BCUT2D eigenvalue weighted by molar-refractivity contribution is 0.0941. The predicted molar refractivity (Wildman–Crippen MR) is 88.7 cm³/mol. The highest BCUT2D eigenvalue weighted by molar-refractivity contribution is 7.89. The highest BCUT2D eigenvalue weighted by atomic mass is 32.2. The van der Waals surface area contributed by atoms with Crippen LogP contribution in [-0.2, 0) is 36.7 Å². The van der Waals surface area contributed by atoms with Crippen molar-refractivity contribution in [2.75, 3.05) is 12.3 Å². The second-order valence-electron chi connectivity index (χ2n) is 5.74. The average molecular weight is 351 g/mol. The number of aryl methyl sites for hydroxylation is 1. The van der Waals surface area contributed by atoms with Crippen LogP contribution in [0.4, 0.5) is 0 Å². The number of amides is 1. The Morgan fingerprint density at radius 1 is 1.38 bits per heavy atom. The molecule has 2 aromatic heterocycles. The zero-order chi connectivity index (χ0) is 17.3. The van der Waals surface area contributed by atoms with Gasteiger partial charge < -0.3 is 14.5 Å². The van der Waals surface area contributed by atoms with E-state index >= 15 is 0 Å². The molecule has 2 aromatic rings. The lowest BCUT2D eigenvalue weighted by Gasteiger charge is -2.27. The Morgan fingerprint density at radius 2 is 2.17 bits per heavy atom. The molecule has 0 aliphatic carbocycles. The first-order valence-corrected chi connectivity index (χ1v) is 9.44. The van der Waals surface area contributed by atoms with Crippen molar-refractivity contribution in [2.45, 2.75) is 26.6 Å². The van der Waals surface area contributed by atoms with E-state index < -0.39 is 10.0 Å². The predicted octanol–water partition coefficient (Wildman–Crippen LogP) is 0.317. The van der Waals surface area contributed by atoms with E-state index in [0.717, 1.165) is 5.69 Å². The summed E-state index contributed by atoms with van der Waals surface area (Å²) in [6, 6.07) is 3.58. The minimum Gasteiger partial charge on any atom is -0.347 e. The second-order valence-corrected chi connectivity index (χ2v) is 8.00. The number of aromatic nitrogens is 3. The molecule has 8 nitrogen and oxygen atoms in total. The minimum absolute atomic E-state index is 0.0906. The first-order valence-electron chi connectivity index (χ1n) is 7.83. The van der Waals surface area contributed by atoms with E-state index in [1.807, 2.05) is 23.9 Å². The molecule has 1 aliphatic heterocycles. The fraction of sp³-hybridized carbons (Fsp3) is 0.467. The van der Waals surface area contributed by atoms with Crippen molar-refractivity contribution in [2.24, 2.45) is 7.05 Å². The third kappa shape index (κ3) is 3.09. The molecule has 0 unspecified atom stereocenters. The molecular weight excluding hydrogens is 330 g/mol. The Bertz CT molecular complexity index is 852. The van der Waals surface area contributed by atoms with Crippen LogP contribution >= 0.6 is 0 Å². The Kier molecular flexibility index (Phi) is 4.46. The number of nitrogens with one attached hydrogen (secondary N) is 1. The number of hydrogen-bond donors (Lipinski definition) is 1. The van der Waals surface area contributed by atoms with Crippen molar-refractivity contribution in [3.63, 3.8) is 0 Å². The smallest absolute Gasteiger partial charge is 0.268 e. The van der Waals surface area contributed by atoms with Gasteiger partial charge >= 0.3 is 0 Å². The summed E-state index contributed by atoms with van der Waals surface area (Å²) in [6.45, 7) is 3.25. The van der Waals surface area contributed by atoms with E-state index in [-0.39, 0.29) is 18.2 Å². The van der Waals surface area contributed by atoms with Crippen molar-refractivity contribution >= 4 is 15.9 Å². The van der Waals surface area contributed by atoms with E-state index in [1.165, 1.54) is 4.31 Å². The van der Waals surface area contributed by atoms with Gasteiger partial charge in [-0.05, 0) is 19.1 Å². The maximum absolute atomic E-state index is 12.2. The average Bonchev–Trinajstić information content (AvgIpc) is 3.18. The summed E-state index contributed by atoms with van der Waals surface area (Å²) in [5.41, 5.74) is 1.47. The molecule has 0 atom stereocenters. The van der Waals surface area contributed by atoms with Crippen LogP contribution < -0.4 is 5.32 Å². The quantitative estimate of drug-likeness (QED) is 0.840. The first kappa shape index (κ1) is 16.7. The zero-order valence-electron chi connectivity index (χ0n) is 13.8. The van der Waals surface area contributed by atoms with Crippen LogP contribution in [0.2, 0.25) is 0 Å². The molecule has 0 spiro atoms. The third-order valence-electron chi connectivity index (χ3n) is 4.28. The number of carbonyl (C=O) groups excluding carboxylic acids is 1. The molecule has 9 heteroatoms. The van der Waals surface area contributed by atoms with E-state index in [4.69, 9.17) is 0 Å². The van der Waals surface area contributed by atoms with E-state index in [1.54, 1.807) is 23.8 Å². The molecule has 1 amide bonds. The van der Waals surface area contributed by atoms with Gasteiger partial charge in [-0.1, -0.05) is 0 Å². The van der Waals surface area contributed by atoms with Crippen LogP contribution in [0.15, 0.2) is 24.5 Å². The highest BCUT2D eigenvalue weighted by Crippen LogP contribution is 2.17. The highest BCUT2D eigenvalue weighted by Gasteiger charge is 2.27. The Balaban J connectivity index is 1.68. The summed E-state index contributed by atoms with van der Waals surface area (Å²) in [5, 5.41) is 2.88. The standard InChI is InChI=1S/C15H21N5O3S/c1-3-24(22,23)19-7-8-20-12(9-16-14(20)11-19)10-17-15(21)13-5-4-6-18(13)2/h4-6,9H,3,7-8,10-11H2,1-2H3,(H,17,21). The van der Waals surface area contributed by atoms with Gasteiger partial charge in [0.1, 0.15) is 11.5 Å². The summed E-state index contributed by atoms with van der Waals surface area (Å²) in [5.74, 6) is 0.651. The van der Waals surface area contributed by atoms with Crippen LogP contribution in [0.25, 0.3) is 0 Å². The fourth-order valence-corrected chi connectivity index (χ4v) is 3.86. The van der Waals surface area contributed by atoms with Gasteiger partial charge in [-0.25, -0.2) is 13.4 Å². The van der Waals surface area contributed by atoms with Gasteiger partial charge in [0.2, 0.25) is 10.0 Å². The molecule has 3 rings (SSSR count).